The number of anilines is 2. The summed E-state index contributed by atoms with van der Waals surface area (Å²) in [5, 5.41) is 9.30. The zero-order valence-corrected chi connectivity index (χ0v) is 17.1. The van der Waals surface area contributed by atoms with Gasteiger partial charge in [0, 0.05) is 19.3 Å². The van der Waals surface area contributed by atoms with Crippen molar-refractivity contribution in [3.8, 4) is 0 Å². The maximum atomic E-state index is 12.9. The van der Waals surface area contributed by atoms with E-state index in [2.05, 4.69) is 16.6 Å². The molecule has 1 aliphatic rings. The minimum absolute atomic E-state index is 0.0633. The molecule has 1 aromatic heterocycles. The van der Waals surface area contributed by atoms with Gasteiger partial charge in [0.05, 0.1) is 16.1 Å². The summed E-state index contributed by atoms with van der Waals surface area (Å²) in [4.78, 5) is 17.8. The Morgan fingerprint density at radius 1 is 1.25 bits per heavy atom. The predicted octanol–water partition coefficient (Wildman–Crippen LogP) is 3.43. The Labute approximate surface area is 165 Å². The van der Waals surface area contributed by atoms with Crippen LogP contribution in [0, 0.1) is 19.8 Å². The van der Waals surface area contributed by atoms with Crippen molar-refractivity contribution in [1.82, 2.24) is 4.98 Å². The third kappa shape index (κ3) is 4.27. The smallest absolute Gasteiger partial charge is 0.337 e. The van der Waals surface area contributed by atoms with Crippen molar-refractivity contribution in [1.29, 1.82) is 0 Å². The summed E-state index contributed by atoms with van der Waals surface area (Å²) < 4.78 is 28.4. The van der Waals surface area contributed by atoms with Crippen LogP contribution in [-0.2, 0) is 10.0 Å². The van der Waals surface area contributed by atoms with Gasteiger partial charge >= 0.3 is 5.97 Å². The van der Waals surface area contributed by atoms with Crippen LogP contribution in [0.3, 0.4) is 0 Å². The second-order valence-corrected chi connectivity index (χ2v) is 9.13. The molecule has 8 heteroatoms. The molecule has 1 saturated heterocycles. The maximum absolute atomic E-state index is 12.9. The van der Waals surface area contributed by atoms with Crippen LogP contribution in [0.2, 0.25) is 0 Å². The van der Waals surface area contributed by atoms with Crippen LogP contribution in [0.1, 0.15) is 41.3 Å². The van der Waals surface area contributed by atoms with Crippen molar-refractivity contribution >= 4 is 27.5 Å². The number of aromatic carboxylic acids is 1. The van der Waals surface area contributed by atoms with E-state index < -0.39 is 16.0 Å². The fourth-order valence-corrected chi connectivity index (χ4v) is 4.50. The quantitative estimate of drug-likeness (QED) is 0.793. The number of sulfonamides is 1. The van der Waals surface area contributed by atoms with Crippen molar-refractivity contribution in [2.24, 2.45) is 5.92 Å². The van der Waals surface area contributed by atoms with E-state index in [1.54, 1.807) is 18.2 Å². The lowest BCUT2D eigenvalue weighted by Crippen LogP contribution is -2.35. The van der Waals surface area contributed by atoms with Gasteiger partial charge in [-0.1, -0.05) is 13.0 Å². The minimum Gasteiger partial charge on any atom is -0.478 e. The van der Waals surface area contributed by atoms with Gasteiger partial charge in [-0.2, -0.15) is 0 Å². The molecule has 1 aromatic carbocycles. The molecule has 0 amide bonds. The van der Waals surface area contributed by atoms with Gasteiger partial charge in [-0.05, 0) is 61.9 Å². The first-order valence-electron chi connectivity index (χ1n) is 9.26. The SMILES string of the molecule is Cc1ccc(S(=O)(=O)Nc2cc(C(=O)O)cnc2N2CCC[C@@H](C)C2)cc1C. The fourth-order valence-electron chi connectivity index (χ4n) is 3.37. The van der Waals surface area contributed by atoms with Gasteiger partial charge in [-0.25, -0.2) is 18.2 Å². The Morgan fingerprint density at radius 2 is 2.00 bits per heavy atom. The minimum atomic E-state index is -3.88. The lowest BCUT2D eigenvalue weighted by molar-refractivity contribution is 0.0696. The molecule has 1 atom stereocenters. The zero-order valence-electron chi connectivity index (χ0n) is 16.3. The predicted molar refractivity (Wildman–Crippen MR) is 109 cm³/mol. The van der Waals surface area contributed by atoms with Crippen LogP contribution < -0.4 is 9.62 Å². The van der Waals surface area contributed by atoms with Gasteiger partial charge < -0.3 is 10.0 Å². The largest absolute Gasteiger partial charge is 0.478 e. The number of hydrogen-bond acceptors (Lipinski definition) is 5. The Hall–Kier alpha value is -2.61. The molecule has 0 spiro atoms. The van der Waals surface area contributed by atoms with E-state index in [0.717, 1.165) is 37.1 Å². The molecule has 1 aliphatic heterocycles. The highest BCUT2D eigenvalue weighted by molar-refractivity contribution is 7.92. The summed E-state index contributed by atoms with van der Waals surface area (Å²) >= 11 is 0. The van der Waals surface area contributed by atoms with E-state index >= 15 is 0 Å². The summed E-state index contributed by atoms with van der Waals surface area (Å²) in [6.45, 7) is 7.40. The van der Waals surface area contributed by atoms with E-state index in [1.807, 2.05) is 18.7 Å². The molecule has 0 saturated carbocycles. The number of aromatic nitrogens is 1. The number of benzene rings is 1. The summed E-state index contributed by atoms with van der Waals surface area (Å²) in [5.41, 5.74) is 1.99. The first-order valence-corrected chi connectivity index (χ1v) is 10.7. The van der Waals surface area contributed by atoms with Gasteiger partial charge in [-0.15, -0.1) is 0 Å². The Balaban J connectivity index is 2.01. The molecule has 3 rings (SSSR count). The number of carbonyl (C=O) groups is 1. The topological polar surface area (TPSA) is 99.6 Å². The second kappa shape index (κ2) is 7.79. The number of nitrogens with zero attached hydrogens (tertiary/aromatic N) is 2. The van der Waals surface area contributed by atoms with Crippen molar-refractivity contribution in [2.45, 2.75) is 38.5 Å². The van der Waals surface area contributed by atoms with Gasteiger partial charge in [-0.3, -0.25) is 4.72 Å². The second-order valence-electron chi connectivity index (χ2n) is 7.45. The summed E-state index contributed by atoms with van der Waals surface area (Å²) in [6.07, 6.45) is 3.35. The average Bonchev–Trinajstić information content (AvgIpc) is 2.63. The maximum Gasteiger partial charge on any atom is 0.337 e. The molecule has 28 heavy (non-hydrogen) atoms. The molecule has 7 nitrogen and oxygen atoms in total. The van der Waals surface area contributed by atoms with Crippen molar-refractivity contribution in [3.63, 3.8) is 0 Å². The van der Waals surface area contributed by atoms with Crippen molar-refractivity contribution in [3.05, 3.63) is 47.2 Å². The van der Waals surface area contributed by atoms with Gasteiger partial charge in [0.1, 0.15) is 0 Å². The van der Waals surface area contributed by atoms with Gasteiger partial charge in [0.15, 0.2) is 5.82 Å². The monoisotopic (exact) mass is 403 g/mol. The lowest BCUT2D eigenvalue weighted by atomic mass is 10.0. The number of carboxylic acids is 1. The molecule has 0 aliphatic carbocycles. The molecule has 2 heterocycles. The number of aryl methyl sites for hydroxylation is 2. The number of carboxylic acid groups (broad SMARTS) is 1. The number of rotatable bonds is 5. The van der Waals surface area contributed by atoms with Crippen LogP contribution in [0.5, 0.6) is 0 Å². The Morgan fingerprint density at radius 3 is 2.64 bits per heavy atom. The van der Waals surface area contributed by atoms with Crippen molar-refractivity contribution in [2.75, 3.05) is 22.7 Å². The van der Waals surface area contributed by atoms with Crippen LogP contribution in [0.15, 0.2) is 35.4 Å². The third-order valence-corrected chi connectivity index (χ3v) is 6.47. The highest BCUT2D eigenvalue weighted by Gasteiger charge is 2.24. The lowest BCUT2D eigenvalue weighted by Gasteiger charge is -2.33. The first-order chi connectivity index (χ1) is 13.2. The summed E-state index contributed by atoms with van der Waals surface area (Å²) in [5.74, 6) is -0.236. The zero-order chi connectivity index (χ0) is 20.5. The van der Waals surface area contributed by atoms with E-state index in [4.69, 9.17) is 0 Å². The van der Waals surface area contributed by atoms with Crippen LogP contribution in [0.25, 0.3) is 0 Å². The van der Waals surface area contributed by atoms with Crippen LogP contribution in [0.4, 0.5) is 11.5 Å². The average molecular weight is 404 g/mol. The molecular weight excluding hydrogens is 378 g/mol. The highest BCUT2D eigenvalue weighted by atomic mass is 32.2. The van der Waals surface area contributed by atoms with Crippen molar-refractivity contribution < 1.29 is 18.3 Å². The number of pyridine rings is 1. The molecule has 0 bridgehead atoms. The Bertz CT molecular complexity index is 1000. The molecule has 0 radical (unpaired) electrons. The molecule has 1 fully saturated rings. The third-order valence-electron chi connectivity index (χ3n) is 5.10. The highest BCUT2D eigenvalue weighted by Crippen LogP contribution is 2.30. The molecule has 2 aromatic rings. The van der Waals surface area contributed by atoms with E-state index in [1.165, 1.54) is 12.3 Å². The molecule has 150 valence electrons. The molecule has 2 N–H and O–H groups in total. The van der Waals surface area contributed by atoms with Gasteiger partial charge in [0.2, 0.25) is 0 Å². The summed E-state index contributed by atoms with van der Waals surface area (Å²) in [7, 11) is -3.88. The van der Waals surface area contributed by atoms with E-state index in [9.17, 15) is 18.3 Å². The van der Waals surface area contributed by atoms with Crippen LogP contribution in [-0.4, -0.2) is 37.6 Å². The fraction of sp³-hybridized carbons (Fsp3) is 0.400. The Kier molecular flexibility index (Phi) is 5.60. The number of hydrogen-bond donors (Lipinski definition) is 2. The van der Waals surface area contributed by atoms with E-state index in [-0.39, 0.29) is 16.1 Å². The van der Waals surface area contributed by atoms with Gasteiger partial charge in [0.25, 0.3) is 10.0 Å². The first kappa shape index (κ1) is 20.1. The molecule has 0 unspecified atom stereocenters. The van der Waals surface area contributed by atoms with E-state index in [0.29, 0.717) is 11.7 Å². The number of piperidine rings is 1. The number of nitrogens with one attached hydrogen (secondary N) is 1. The summed E-state index contributed by atoms with van der Waals surface area (Å²) in [6, 6.07) is 6.24. The molecular formula is C20H25N3O4S. The van der Waals surface area contributed by atoms with Crippen LogP contribution >= 0.6 is 0 Å². The standard InChI is InChI=1S/C20H25N3O4S/c1-13-5-4-8-23(12-13)19-18(10-16(11-21-19)20(24)25)22-28(26,27)17-7-6-14(2)15(3)9-17/h6-7,9-11,13,22H,4-5,8,12H2,1-3H3,(H,24,25)/t13-/m1/s1. The normalized spacial score (nSPS) is 17.4.